The van der Waals surface area contributed by atoms with E-state index in [9.17, 15) is 14.7 Å². The highest BCUT2D eigenvalue weighted by Gasteiger charge is 2.32. The van der Waals surface area contributed by atoms with Crippen molar-refractivity contribution in [2.24, 2.45) is 5.92 Å². The first-order valence-electron chi connectivity index (χ1n) is 9.71. The fourth-order valence-corrected chi connectivity index (χ4v) is 3.17. The Morgan fingerprint density at radius 3 is 2.68 bits per heavy atom. The molecule has 1 aliphatic rings. The van der Waals surface area contributed by atoms with E-state index in [0.717, 1.165) is 0 Å². The monoisotopic (exact) mass is 392 g/mol. The Hall–Kier alpha value is -2.32. The van der Waals surface area contributed by atoms with Crippen molar-refractivity contribution in [3.8, 4) is 5.75 Å². The first-order chi connectivity index (χ1) is 13.3. The van der Waals surface area contributed by atoms with Gasteiger partial charge in [-0.3, -0.25) is 4.79 Å². The van der Waals surface area contributed by atoms with Crippen LogP contribution in [0.4, 0.5) is 10.5 Å². The van der Waals surface area contributed by atoms with Gasteiger partial charge in [-0.2, -0.15) is 0 Å². The molecule has 1 aromatic rings. The van der Waals surface area contributed by atoms with E-state index in [0.29, 0.717) is 30.1 Å². The number of urea groups is 1. The van der Waals surface area contributed by atoms with E-state index in [1.54, 1.807) is 23.1 Å². The van der Waals surface area contributed by atoms with Crippen molar-refractivity contribution in [1.29, 1.82) is 0 Å². The summed E-state index contributed by atoms with van der Waals surface area (Å²) in [5, 5.41) is 18.3. The van der Waals surface area contributed by atoms with Crippen LogP contribution in [0.3, 0.4) is 0 Å². The largest absolute Gasteiger partial charge is 0.488 e. The minimum atomic E-state index is -0.337. The lowest BCUT2D eigenvalue weighted by Crippen LogP contribution is -2.49. The molecule has 0 bridgehead atoms. The van der Waals surface area contributed by atoms with E-state index in [1.165, 1.54) is 0 Å². The molecule has 0 spiro atoms. The van der Waals surface area contributed by atoms with Crippen molar-refractivity contribution in [3.05, 3.63) is 23.8 Å². The number of aliphatic hydroxyl groups is 1. The molecule has 28 heavy (non-hydrogen) atoms. The van der Waals surface area contributed by atoms with Gasteiger partial charge < -0.3 is 30.7 Å². The van der Waals surface area contributed by atoms with Gasteiger partial charge in [0.15, 0.2) is 0 Å². The SMILES string of the molecule is CNC[C@H]1Oc2ccc(NC(=O)NC(C)C)cc2C(=O)N([C@@H](C)CO)C[C@@H]1C. The molecule has 0 fully saturated rings. The fourth-order valence-electron chi connectivity index (χ4n) is 3.17. The number of nitrogens with one attached hydrogen (secondary N) is 3. The summed E-state index contributed by atoms with van der Waals surface area (Å²) in [4.78, 5) is 26.9. The van der Waals surface area contributed by atoms with Gasteiger partial charge in [-0.1, -0.05) is 6.92 Å². The molecule has 1 heterocycles. The smallest absolute Gasteiger partial charge is 0.319 e. The number of hydrogen-bond acceptors (Lipinski definition) is 5. The topological polar surface area (TPSA) is 103 Å². The van der Waals surface area contributed by atoms with Crippen LogP contribution in [0.5, 0.6) is 5.75 Å². The number of nitrogens with zero attached hydrogens (tertiary/aromatic N) is 1. The summed E-state index contributed by atoms with van der Waals surface area (Å²) in [6.07, 6.45) is -0.131. The molecule has 3 atom stereocenters. The van der Waals surface area contributed by atoms with E-state index in [2.05, 4.69) is 16.0 Å². The van der Waals surface area contributed by atoms with Gasteiger partial charge in [-0.15, -0.1) is 0 Å². The summed E-state index contributed by atoms with van der Waals surface area (Å²) in [5.74, 6) is 0.328. The van der Waals surface area contributed by atoms with E-state index < -0.39 is 0 Å². The summed E-state index contributed by atoms with van der Waals surface area (Å²) in [7, 11) is 1.86. The minimum Gasteiger partial charge on any atom is -0.488 e. The predicted molar refractivity (Wildman–Crippen MR) is 109 cm³/mol. The molecule has 0 aliphatic carbocycles. The van der Waals surface area contributed by atoms with E-state index in [1.807, 2.05) is 34.7 Å². The third-order valence-electron chi connectivity index (χ3n) is 4.75. The molecule has 0 saturated carbocycles. The molecule has 1 aliphatic heterocycles. The normalized spacial score (nSPS) is 20.7. The van der Waals surface area contributed by atoms with Crippen LogP contribution in [-0.4, -0.2) is 66.9 Å². The van der Waals surface area contributed by atoms with E-state index in [4.69, 9.17) is 4.74 Å². The van der Waals surface area contributed by atoms with Crippen LogP contribution < -0.4 is 20.7 Å². The quantitative estimate of drug-likeness (QED) is 0.590. The number of anilines is 1. The Kier molecular flexibility index (Phi) is 7.65. The average molecular weight is 393 g/mol. The molecular formula is C20H32N4O4. The minimum absolute atomic E-state index is 0.000935. The van der Waals surface area contributed by atoms with Crippen molar-refractivity contribution in [3.63, 3.8) is 0 Å². The van der Waals surface area contributed by atoms with Gasteiger partial charge in [0.05, 0.1) is 18.2 Å². The van der Waals surface area contributed by atoms with Crippen LogP contribution in [0.25, 0.3) is 0 Å². The highest BCUT2D eigenvalue weighted by molar-refractivity contribution is 5.99. The van der Waals surface area contributed by atoms with Gasteiger partial charge in [0, 0.05) is 30.7 Å². The summed E-state index contributed by atoms with van der Waals surface area (Å²) in [6, 6.07) is 4.39. The highest BCUT2D eigenvalue weighted by atomic mass is 16.5. The molecule has 2 rings (SSSR count). The predicted octanol–water partition coefficient (Wildman–Crippen LogP) is 1.66. The molecule has 0 radical (unpaired) electrons. The molecule has 8 nitrogen and oxygen atoms in total. The van der Waals surface area contributed by atoms with Crippen LogP contribution in [0.2, 0.25) is 0 Å². The standard InChI is InChI=1S/C20H32N4O4/c1-12(2)22-20(27)23-15-6-7-17-16(8-15)19(26)24(14(4)11-25)10-13(3)18(28-17)9-21-5/h6-8,12-14,18,21,25H,9-11H2,1-5H3,(H2,22,23,27)/t13-,14-,18+/m0/s1. The maximum absolute atomic E-state index is 13.2. The zero-order valence-corrected chi connectivity index (χ0v) is 17.3. The molecule has 8 heteroatoms. The maximum Gasteiger partial charge on any atom is 0.319 e. The zero-order valence-electron chi connectivity index (χ0n) is 17.3. The molecule has 3 amide bonds. The Bertz CT molecular complexity index is 695. The van der Waals surface area contributed by atoms with E-state index in [-0.39, 0.29) is 42.7 Å². The second-order valence-corrected chi connectivity index (χ2v) is 7.64. The first-order valence-corrected chi connectivity index (χ1v) is 9.71. The Morgan fingerprint density at radius 1 is 1.36 bits per heavy atom. The molecule has 4 N–H and O–H groups in total. The Labute approximate surface area is 166 Å². The summed E-state index contributed by atoms with van der Waals surface area (Å²) < 4.78 is 6.15. The highest BCUT2D eigenvalue weighted by Crippen LogP contribution is 2.30. The lowest BCUT2D eigenvalue weighted by molar-refractivity contribution is 0.0416. The molecule has 156 valence electrons. The number of carbonyl (C=O) groups is 2. The van der Waals surface area contributed by atoms with Crippen molar-refractivity contribution in [1.82, 2.24) is 15.5 Å². The van der Waals surface area contributed by atoms with Crippen molar-refractivity contribution >= 4 is 17.6 Å². The number of amides is 3. The molecular weight excluding hydrogens is 360 g/mol. The molecule has 0 unspecified atom stereocenters. The maximum atomic E-state index is 13.2. The molecule has 0 aromatic heterocycles. The summed E-state index contributed by atoms with van der Waals surface area (Å²) >= 11 is 0. The van der Waals surface area contributed by atoms with Gasteiger partial charge >= 0.3 is 6.03 Å². The van der Waals surface area contributed by atoms with Crippen LogP contribution in [-0.2, 0) is 0 Å². The fraction of sp³-hybridized carbons (Fsp3) is 0.600. The number of likely N-dealkylation sites (N-methyl/N-ethyl adjacent to an activating group) is 1. The van der Waals surface area contributed by atoms with E-state index >= 15 is 0 Å². The number of hydrogen-bond donors (Lipinski definition) is 4. The average Bonchev–Trinajstić information content (AvgIpc) is 2.63. The van der Waals surface area contributed by atoms with Gasteiger partial charge in [-0.05, 0) is 46.0 Å². The first kappa shape index (κ1) is 22.0. The van der Waals surface area contributed by atoms with Crippen LogP contribution in [0, 0.1) is 5.92 Å². The second kappa shape index (κ2) is 9.75. The van der Waals surface area contributed by atoms with Crippen LogP contribution >= 0.6 is 0 Å². The summed E-state index contributed by atoms with van der Waals surface area (Å²) in [5.41, 5.74) is 0.875. The number of aliphatic hydroxyl groups excluding tert-OH is 1. The lowest BCUT2D eigenvalue weighted by Gasteiger charge is -2.37. The van der Waals surface area contributed by atoms with Gasteiger partial charge in [0.25, 0.3) is 5.91 Å². The number of fused-ring (bicyclic) bond motifs is 1. The number of carbonyl (C=O) groups excluding carboxylic acids is 2. The van der Waals surface area contributed by atoms with Gasteiger partial charge in [-0.25, -0.2) is 4.79 Å². The van der Waals surface area contributed by atoms with Crippen LogP contribution in [0.1, 0.15) is 38.1 Å². The Balaban J connectivity index is 2.39. The lowest BCUT2D eigenvalue weighted by atomic mass is 9.99. The Morgan fingerprint density at radius 2 is 2.07 bits per heavy atom. The van der Waals surface area contributed by atoms with Crippen molar-refractivity contribution < 1.29 is 19.4 Å². The molecule has 1 aromatic carbocycles. The number of rotatable bonds is 6. The van der Waals surface area contributed by atoms with Gasteiger partial charge in [0.2, 0.25) is 0 Å². The van der Waals surface area contributed by atoms with Crippen molar-refractivity contribution in [2.45, 2.75) is 45.9 Å². The van der Waals surface area contributed by atoms with Gasteiger partial charge in [0.1, 0.15) is 11.9 Å². The zero-order chi connectivity index (χ0) is 20.8. The number of ether oxygens (including phenoxy) is 1. The summed E-state index contributed by atoms with van der Waals surface area (Å²) in [6.45, 7) is 8.57. The van der Waals surface area contributed by atoms with Crippen LogP contribution in [0.15, 0.2) is 18.2 Å². The second-order valence-electron chi connectivity index (χ2n) is 7.64. The third kappa shape index (κ3) is 5.36. The third-order valence-corrected chi connectivity index (χ3v) is 4.75. The number of benzene rings is 1. The van der Waals surface area contributed by atoms with Crippen molar-refractivity contribution in [2.75, 3.05) is 32.1 Å². The molecule has 0 saturated heterocycles.